The van der Waals surface area contributed by atoms with Crippen molar-refractivity contribution in [2.45, 2.75) is 29.6 Å². The number of hydrogen-bond donors (Lipinski definition) is 1. The highest BCUT2D eigenvalue weighted by Crippen LogP contribution is 2.44. The van der Waals surface area contributed by atoms with Crippen molar-refractivity contribution < 1.29 is 14.6 Å². The Morgan fingerprint density at radius 2 is 1.64 bits per heavy atom. The molecule has 1 aliphatic carbocycles. The molecule has 1 aliphatic rings. The summed E-state index contributed by atoms with van der Waals surface area (Å²) >= 11 is 11.5. The van der Waals surface area contributed by atoms with Gasteiger partial charge in [0, 0.05) is 13.0 Å². The fourth-order valence-electron chi connectivity index (χ4n) is 3.69. The van der Waals surface area contributed by atoms with Crippen molar-refractivity contribution in [1.82, 2.24) is 4.90 Å². The molecule has 2 aromatic carbocycles. The molecule has 0 fully saturated rings. The maximum absolute atomic E-state index is 12.6. The Morgan fingerprint density at radius 1 is 1.11 bits per heavy atom. The molecule has 0 heterocycles. The van der Waals surface area contributed by atoms with Gasteiger partial charge in [-0.05, 0) is 35.1 Å². The Labute approximate surface area is 175 Å². The van der Waals surface area contributed by atoms with E-state index in [0.717, 1.165) is 11.1 Å². The molecular formula is C22H23Cl2NO3. The number of aliphatic hydroxyl groups is 1. The second kappa shape index (κ2) is 8.89. The van der Waals surface area contributed by atoms with Gasteiger partial charge in [0.05, 0.1) is 6.04 Å². The molecule has 2 aromatic rings. The van der Waals surface area contributed by atoms with Gasteiger partial charge >= 0.3 is 6.09 Å². The van der Waals surface area contributed by atoms with Gasteiger partial charge in [-0.1, -0.05) is 55.1 Å². The first-order chi connectivity index (χ1) is 13.4. The lowest BCUT2D eigenvalue weighted by Crippen LogP contribution is -2.39. The van der Waals surface area contributed by atoms with Crippen molar-refractivity contribution in [2.75, 3.05) is 13.7 Å². The van der Waals surface area contributed by atoms with Crippen molar-refractivity contribution in [3.05, 3.63) is 72.0 Å². The van der Waals surface area contributed by atoms with Gasteiger partial charge < -0.3 is 14.7 Å². The number of benzene rings is 2. The highest BCUT2D eigenvalue weighted by atomic mass is 35.5. The summed E-state index contributed by atoms with van der Waals surface area (Å²) in [7, 11) is 1.57. The molecule has 0 radical (unpaired) electrons. The molecular weight excluding hydrogens is 397 g/mol. The van der Waals surface area contributed by atoms with Gasteiger partial charge in [0.1, 0.15) is 17.2 Å². The number of amides is 1. The largest absolute Gasteiger partial charge is 0.511 e. The number of nitrogens with zero attached hydrogens (tertiary/aromatic N) is 1. The number of fused-ring (bicyclic) bond motifs is 3. The zero-order valence-electron chi connectivity index (χ0n) is 15.6. The lowest BCUT2D eigenvalue weighted by atomic mass is 9.98. The first-order valence-electron chi connectivity index (χ1n) is 9.14. The lowest BCUT2D eigenvalue weighted by Gasteiger charge is -2.27. The summed E-state index contributed by atoms with van der Waals surface area (Å²) in [5.41, 5.74) is 4.64. The molecule has 0 saturated heterocycles. The van der Waals surface area contributed by atoms with Crippen molar-refractivity contribution in [1.29, 1.82) is 0 Å². The molecule has 148 valence electrons. The molecule has 1 atom stereocenters. The second-order valence-corrected chi connectivity index (χ2v) is 8.17. The summed E-state index contributed by atoms with van der Waals surface area (Å²) in [4.78, 5) is 13.4. The number of carbonyl (C=O) groups is 1. The van der Waals surface area contributed by atoms with Crippen LogP contribution >= 0.6 is 23.2 Å². The van der Waals surface area contributed by atoms with Crippen LogP contribution in [0.3, 0.4) is 0 Å². The Hall–Kier alpha value is -2.17. The monoisotopic (exact) mass is 419 g/mol. The normalized spacial score (nSPS) is 13.7. The summed E-state index contributed by atoms with van der Waals surface area (Å²) in [6.07, 6.45) is 0.296. The van der Waals surface area contributed by atoms with Crippen LogP contribution in [-0.2, 0) is 4.74 Å². The van der Waals surface area contributed by atoms with E-state index in [4.69, 9.17) is 27.9 Å². The molecule has 6 heteroatoms. The zero-order chi connectivity index (χ0) is 20.3. The van der Waals surface area contributed by atoms with Crippen molar-refractivity contribution >= 4 is 29.3 Å². The Morgan fingerprint density at radius 3 is 2.14 bits per heavy atom. The smallest absolute Gasteiger partial charge is 0.410 e. The third-order valence-electron chi connectivity index (χ3n) is 5.13. The summed E-state index contributed by atoms with van der Waals surface area (Å²) in [5, 5.41) is 9.85. The van der Waals surface area contributed by atoms with Gasteiger partial charge in [-0.3, -0.25) is 0 Å². The van der Waals surface area contributed by atoms with Crippen molar-refractivity contribution in [2.24, 2.45) is 0 Å². The minimum absolute atomic E-state index is 0.0180. The fraction of sp³-hybridized carbons (Fsp3) is 0.318. The number of halogens is 2. The highest BCUT2D eigenvalue weighted by Gasteiger charge is 2.30. The van der Waals surface area contributed by atoms with Gasteiger partial charge in [0.15, 0.2) is 0 Å². The van der Waals surface area contributed by atoms with Crippen molar-refractivity contribution in [3.63, 3.8) is 0 Å². The molecule has 1 N–H and O–H groups in total. The number of aliphatic hydroxyl groups excluding tert-OH is 1. The van der Waals surface area contributed by atoms with E-state index in [2.05, 4.69) is 30.8 Å². The Kier molecular flexibility index (Phi) is 6.53. The molecule has 0 bridgehead atoms. The van der Waals surface area contributed by atoms with E-state index < -0.39 is 17.0 Å². The van der Waals surface area contributed by atoms with Crippen LogP contribution in [0.15, 0.2) is 60.9 Å². The standard InChI is InChI=1S/C22H23Cl2NO3/c1-14(26)20(11-12-21(23)24)25(2)22(27)28-13-19-17-9-5-3-7-15(17)16-8-4-6-10-18(16)19/h3-10,19-21,26H,1,11-13H2,2H3/t20-/m0/s1. The van der Waals surface area contributed by atoms with Gasteiger partial charge in [-0.25, -0.2) is 4.79 Å². The molecule has 0 aromatic heterocycles. The first-order valence-corrected chi connectivity index (χ1v) is 10.0. The number of rotatable bonds is 7. The van der Waals surface area contributed by atoms with Crippen LogP contribution in [0.5, 0.6) is 0 Å². The molecule has 0 saturated carbocycles. The Balaban J connectivity index is 1.71. The second-order valence-electron chi connectivity index (χ2n) is 6.89. The van der Waals surface area contributed by atoms with Gasteiger partial charge in [0.25, 0.3) is 0 Å². The third-order valence-corrected chi connectivity index (χ3v) is 5.57. The lowest BCUT2D eigenvalue weighted by molar-refractivity contribution is 0.0904. The van der Waals surface area contributed by atoms with Crippen LogP contribution in [0.2, 0.25) is 0 Å². The van der Waals surface area contributed by atoms with Gasteiger partial charge in [0.2, 0.25) is 0 Å². The average molecular weight is 420 g/mol. The third kappa shape index (κ3) is 4.29. The van der Waals surface area contributed by atoms with E-state index >= 15 is 0 Å². The predicted molar refractivity (Wildman–Crippen MR) is 113 cm³/mol. The van der Waals surface area contributed by atoms with E-state index in [-0.39, 0.29) is 18.3 Å². The number of alkyl halides is 2. The SMILES string of the molecule is C=C(O)[C@H](CCC(Cl)Cl)N(C)C(=O)OCC1c2ccccc2-c2ccccc21. The molecule has 4 nitrogen and oxygen atoms in total. The van der Waals surface area contributed by atoms with Crippen LogP contribution in [0, 0.1) is 0 Å². The minimum Gasteiger partial charge on any atom is -0.511 e. The average Bonchev–Trinajstić information content (AvgIpc) is 2.99. The molecule has 0 spiro atoms. The van der Waals surface area contributed by atoms with Crippen LogP contribution in [-0.4, -0.2) is 40.6 Å². The van der Waals surface area contributed by atoms with Gasteiger partial charge in [-0.2, -0.15) is 0 Å². The molecule has 0 unspecified atom stereocenters. The van der Waals surface area contributed by atoms with E-state index in [9.17, 15) is 9.90 Å². The van der Waals surface area contributed by atoms with Crippen LogP contribution in [0.25, 0.3) is 11.1 Å². The van der Waals surface area contributed by atoms with Crippen molar-refractivity contribution in [3.8, 4) is 11.1 Å². The molecule has 28 heavy (non-hydrogen) atoms. The van der Waals surface area contributed by atoms with E-state index in [1.165, 1.54) is 16.0 Å². The van der Waals surface area contributed by atoms with Gasteiger partial charge in [-0.15, -0.1) is 23.2 Å². The van der Waals surface area contributed by atoms with E-state index in [1.807, 2.05) is 24.3 Å². The first kappa shape index (κ1) is 20.6. The number of ether oxygens (including phenoxy) is 1. The minimum atomic E-state index is -0.601. The van der Waals surface area contributed by atoms with E-state index in [0.29, 0.717) is 12.8 Å². The summed E-state index contributed by atoms with van der Waals surface area (Å²) in [5.74, 6) is -0.138. The summed E-state index contributed by atoms with van der Waals surface area (Å²) in [6, 6.07) is 15.7. The van der Waals surface area contributed by atoms with E-state index in [1.54, 1.807) is 7.05 Å². The maximum Gasteiger partial charge on any atom is 0.410 e. The molecule has 3 rings (SSSR count). The van der Waals surface area contributed by atoms with Crippen LogP contribution in [0.1, 0.15) is 29.9 Å². The van der Waals surface area contributed by atoms with Crippen LogP contribution in [0.4, 0.5) is 4.79 Å². The topological polar surface area (TPSA) is 49.8 Å². The molecule has 1 amide bonds. The molecule has 0 aliphatic heterocycles. The Bertz CT molecular complexity index is 823. The predicted octanol–water partition coefficient (Wildman–Crippen LogP) is 5.89. The number of carbonyl (C=O) groups excluding carboxylic acids is 1. The fourth-order valence-corrected chi connectivity index (χ4v) is 3.94. The summed E-state index contributed by atoms with van der Waals surface area (Å²) < 4.78 is 5.61. The number of hydrogen-bond acceptors (Lipinski definition) is 3. The quantitative estimate of drug-likeness (QED) is 0.449. The zero-order valence-corrected chi connectivity index (χ0v) is 17.2. The maximum atomic E-state index is 12.6. The summed E-state index contributed by atoms with van der Waals surface area (Å²) in [6.45, 7) is 3.77. The highest BCUT2D eigenvalue weighted by molar-refractivity contribution is 6.44. The van der Waals surface area contributed by atoms with Crippen LogP contribution < -0.4 is 0 Å². The number of likely N-dealkylation sites (N-methyl/N-ethyl adjacent to an activating group) is 1.